The van der Waals surface area contributed by atoms with E-state index in [1.807, 2.05) is 30.3 Å². The number of amides is 2. The van der Waals surface area contributed by atoms with Crippen molar-refractivity contribution in [1.29, 1.82) is 5.41 Å². The van der Waals surface area contributed by atoms with Crippen molar-refractivity contribution in [3.05, 3.63) is 58.4 Å². The predicted octanol–water partition coefficient (Wildman–Crippen LogP) is 3.33. The summed E-state index contributed by atoms with van der Waals surface area (Å²) in [7, 11) is 1.28. The molecule has 0 radical (unpaired) electrons. The Kier molecular flexibility index (Phi) is 11.1. The van der Waals surface area contributed by atoms with Crippen LogP contribution in [-0.2, 0) is 27.1 Å². The van der Waals surface area contributed by atoms with Crippen LogP contribution in [0.5, 0.6) is 0 Å². The molecule has 0 unspecified atom stereocenters. The van der Waals surface area contributed by atoms with Crippen LogP contribution in [0.2, 0.25) is 5.15 Å². The van der Waals surface area contributed by atoms with Crippen molar-refractivity contribution in [2.24, 2.45) is 0 Å². The van der Waals surface area contributed by atoms with Crippen molar-refractivity contribution in [1.82, 2.24) is 25.9 Å². The maximum absolute atomic E-state index is 12.3. The number of halogens is 1. The first-order chi connectivity index (χ1) is 20.3. The predicted molar refractivity (Wildman–Crippen MR) is 165 cm³/mol. The molecule has 0 bridgehead atoms. The molecule has 0 fully saturated rings. The Labute approximate surface area is 254 Å². The average Bonchev–Trinajstić information content (AvgIpc) is 2.92. The molecule has 43 heavy (non-hydrogen) atoms. The van der Waals surface area contributed by atoms with Crippen molar-refractivity contribution < 1.29 is 23.9 Å². The number of nitrogen functional groups attached to an aromatic ring is 2. The van der Waals surface area contributed by atoms with E-state index in [0.29, 0.717) is 6.54 Å². The Morgan fingerprint density at radius 3 is 2.30 bits per heavy atom. The highest BCUT2D eigenvalue weighted by Gasteiger charge is 2.25. The summed E-state index contributed by atoms with van der Waals surface area (Å²) in [4.78, 5) is 44.4. The van der Waals surface area contributed by atoms with Crippen LogP contribution in [0, 0.1) is 5.41 Å². The second kappa shape index (κ2) is 14.5. The fourth-order valence-corrected chi connectivity index (χ4v) is 4.27. The van der Waals surface area contributed by atoms with Crippen molar-refractivity contribution in [2.45, 2.75) is 58.1 Å². The van der Waals surface area contributed by atoms with E-state index in [2.05, 4.69) is 32.0 Å². The van der Waals surface area contributed by atoms with Gasteiger partial charge in [-0.2, -0.15) is 0 Å². The largest absolute Gasteiger partial charge is 0.467 e. The minimum atomic E-state index is -0.886. The van der Waals surface area contributed by atoms with E-state index in [9.17, 15) is 14.4 Å². The second-order valence-corrected chi connectivity index (χ2v) is 11.1. The van der Waals surface area contributed by atoms with Crippen molar-refractivity contribution >= 4 is 57.9 Å². The number of unbranched alkanes of at least 4 members (excludes halogenated alkanes) is 1. The van der Waals surface area contributed by atoms with Gasteiger partial charge in [-0.05, 0) is 61.9 Å². The van der Waals surface area contributed by atoms with Crippen LogP contribution in [0.1, 0.15) is 55.2 Å². The van der Waals surface area contributed by atoms with E-state index in [1.54, 1.807) is 20.8 Å². The van der Waals surface area contributed by atoms with Crippen LogP contribution < -0.4 is 27.4 Å². The van der Waals surface area contributed by atoms with Crippen molar-refractivity contribution in [3.63, 3.8) is 0 Å². The Balaban J connectivity index is 1.48. The molecule has 0 saturated carbocycles. The van der Waals surface area contributed by atoms with E-state index >= 15 is 0 Å². The van der Waals surface area contributed by atoms with Gasteiger partial charge < -0.3 is 31.6 Å². The topological polar surface area (TPSA) is 207 Å². The fourth-order valence-electron chi connectivity index (χ4n) is 4.14. The average molecular weight is 613 g/mol. The van der Waals surface area contributed by atoms with E-state index < -0.39 is 29.6 Å². The van der Waals surface area contributed by atoms with Gasteiger partial charge in [-0.15, -0.1) is 0 Å². The number of rotatable bonds is 10. The standard InChI is InChI=1S/C29H37ClN8O5/c1-29(2,3)43-28(41)35-20(26(40)42-4)15-17-9-11-18-13-16(8-10-19(18)14-17)7-5-6-12-34-27(33)38-25(39)21-23(31)37-24(32)22(30)36-21/h8-11,13-14,20H,5-7,12,15H2,1-4H3,(H,35,41)(H4,31,32,37)(H3,33,34,38,39)/t20-/m0/s1. The fraction of sp³-hybridized carbons (Fsp3) is 0.379. The minimum absolute atomic E-state index is 0.0847. The third-order valence-corrected chi connectivity index (χ3v) is 6.42. The first-order valence-corrected chi connectivity index (χ1v) is 13.9. The van der Waals surface area contributed by atoms with Crippen molar-refractivity contribution in [3.8, 4) is 0 Å². The molecule has 2 aromatic carbocycles. The molecule has 3 rings (SSSR count). The number of nitrogens with zero attached hydrogens (tertiary/aromatic N) is 2. The number of fused-ring (bicyclic) bond motifs is 1. The summed E-state index contributed by atoms with van der Waals surface area (Å²) in [6.07, 6.45) is 1.99. The third kappa shape index (κ3) is 9.99. The molecule has 1 atom stereocenters. The Morgan fingerprint density at radius 1 is 1.00 bits per heavy atom. The quantitative estimate of drug-likeness (QED) is 0.0851. The number of carbonyl (C=O) groups excluding carboxylic acids is 3. The molecular formula is C29H37ClN8O5. The number of anilines is 2. The van der Waals surface area contributed by atoms with Crippen molar-refractivity contribution in [2.75, 3.05) is 25.1 Å². The van der Waals surface area contributed by atoms with Crippen LogP contribution in [0.25, 0.3) is 10.8 Å². The van der Waals surface area contributed by atoms with Gasteiger partial charge in [0.1, 0.15) is 11.6 Å². The number of hydrogen-bond acceptors (Lipinski definition) is 10. The van der Waals surface area contributed by atoms with Gasteiger partial charge in [0.15, 0.2) is 28.4 Å². The second-order valence-electron chi connectivity index (χ2n) is 10.8. The number of guanidine groups is 1. The molecule has 230 valence electrons. The van der Waals surface area contributed by atoms with Crippen LogP contribution in [0.4, 0.5) is 16.4 Å². The van der Waals surface area contributed by atoms with E-state index in [4.69, 9.17) is 38.0 Å². The molecule has 3 aromatic rings. The number of carbonyl (C=O) groups is 3. The number of nitrogens with two attached hydrogens (primary N) is 2. The highest BCUT2D eigenvalue weighted by atomic mass is 35.5. The number of nitrogens with one attached hydrogen (secondary N) is 4. The van der Waals surface area contributed by atoms with Gasteiger partial charge in [0, 0.05) is 13.0 Å². The van der Waals surface area contributed by atoms with Crippen LogP contribution in [-0.4, -0.2) is 59.2 Å². The van der Waals surface area contributed by atoms with Gasteiger partial charge in [-0.3, -0.25) is 15.5 Å². The third-order valence-electron chi connectivity index (χ3n) is 6.14. The zero-order chi connectivity index (χ0) is 31.7. The van der Waals surface area contributed by atoms with Gasteiger partial charge in [0.2, 0.25) is 0 Å². The lowest BCUT2D eigenvalue weighted by atomic mass is 9.99. The lowest BCUT2D eigenvalue weighted by Gasteiger charge is -2.22. The molecule has 0 spiro atoms. The van der Waals surface area contributed by atoms with Gasteiger partial charge in [0.05, 0.1) is 7.11 Å². The van der Waals surface area contributed by atoms with E-state index in [-0.39, 0.29) is 34.9 Å². The van der Waals surface area contributed by atoms with Gasteiger partial charge in [-0.1, -0.05) is 48.0 Å². The van der Waals surface area contributed by atoms with Gasteiger partial charge >= 0.3 is 12.1 Å². The highest BCUT2D eigenvalue weighted by molar-refractivity contribution is 6.31. The number of hydrogen-bond donors (Lipinski definition) is 6. The highest BCUT2D eigenvalue weighted by Crippen LogP contribution is 2.21. The molecule has 2 amide bonds. The molecular weight excluding hydrogens is 576 g/mol. The Hall–Kier alpha value is -4.65. The van der Waals surface area contributed by atoms with Crippen LogP contribution in [0.15, 0.2) is 36.4 Å². The molecule has 14 heteroatoms. The SMILES string of the molecule is COC(=O)[C@H](Cc1ccc2cc(CCCCNC(=N)NC(=O)c3nc(Cl)c(N)nc3N)ccc2c1)NC(=O)OC(C)(C)C. The number of ether oxygens (including phenoxy) is 2. The monoisotopic (exact) mass is 612 g/mol. The first-order valence-electron chi connectivity index (χ1n) is 13.6. The lowest BCUT2D eigenvalue weighted by Crippen LogP contribution is -2.45. The maximum Gasteiger partial charge on any atom is 0.408 e. The summed E-state index contributed by atoms with van der Waals surface area (Å²) < 4.78 is 10.2. The Bertz CT molecular complexity index is 1510. The normalized spacial score (nSPS) is 11.8. The molecule has 0 saturated heterocycles. The summed E-state index contributed by atoms with van der Waals surface area (Å²) >= 11 is 5.80. The molecule has 1 heterocycles. The summed E-state index contributed by atoms with van der Waals surface area (Å²) in [6, 6.07) is 11.2. The summed E-state index contributed by atoms with van der Waals surface area (Å²) in [6.45, 7) is 5.71. The summed E-state index contributed by atoms with van der Waals surface area (Å²) in [5.41, 5.74) is 12.3. The van der Waals surface area contributed by atoms with E-state index in [0.717, 1.165) is 41.2 Å². The lowest BCUT2D eigenvalue weighted by molar-refractivity contribution is -0.143. The molecule has 1 aromatic heterocycles. The molecule has 0 aliphatic carbocycles. The summed E-state index contributed by atoms with van der Waals surface area (Å²) in [5, 5.41) is 17.6. The first kappa shape index (κ1) is 32.9. The zero-order valence-electron chi connectivity index (χ0n) is 24.5. The number of aromatic nitrogens is 2. The number of methoxy groups -OCH3 is 1. The smallest absolute Gasteiger partial charge is 0.408 e. The molecule has 0 aliphatic rings. The van der Waals surface area contributed by atoms with E-state index in [1.165, 1.54) is 7.11 Å². The molecule has 0 aliphatic heterocycles. The number of benzene rings is 2. The Morgan fingerprint density at radius 2 is 1.65 bits per heavy atom. The minimum Gasteiger partial charge on any atom is -0.467 e. The van der Waals surface area contributed by atoms with Gasteiger partial charge in [0.25, 0.3) is 5.91 Å². The molecule has 13 nitrogen and oxygen atoms in total. The number of esters is 1. The maximum atomic E-state index is 12.3. The zero-order valence-corrected chi connectivity index (χ0v) is 25.3. The number of alkyl carbamates (subject to hydrolysis) is 1. The van der Waals surface area contributed by atoms with Gasteiger partial charge in [-0.25, -0.2) is 19.6 Å². The van der Waals surface area contributed by atoms with Crippen LogP contribution >= 0.6 is 11.6 Å². The number of aryl methyl sites for hydroxylation is 1. The van der Waals surface area contributed by atoms with Crippen LogP contribution in [0.3, 0.4) is 0 Å². The molecule has 8 N–H and O–H groups in total. The summed E-state index contributed by atoms with van der Waals surface area (Å²) in [5.74, 6) is -1.74.